The number of hydrogen-bond donors (Lipinski definition) is 2. The van der Waals surface area contributed by atoms with Crippen molar-refractivity contribution in [1.82, 2.24) is 0 Å². The lowest BCUT2D eigenvalue weighted by Gasteiger charge is -2.31. The molecule has 3 nitrogen and oxygen atoms in total. The maximum absolute atomic E-state index is 9.52. The lowest BCUT2D eigenvalue weighted by molar-refractivity contribution is 0.0484. The fourth-order valence-corrected chi connectivity index (χ4v) is 1.26. The van der Waals surface area contributed by atoms with Crippen molar-refractivity contribution >= 4 is 0 Å². The summed E-state index contributed by atoms with van der Waals surface area (Å²) in [5.41, 5.74) is 5.50. The molecule has 0 rings (SSSR count). The van der Waals surface area contributed by atoms with Crippen LogP contribution in [0.15, 0.2) is 0 Å². The largest absolute Gasteiger partial charge is 0.393 e. The highest BCUT2D eigenvalue weighted by molar-refractivity contribution is 4.80. The molecule has 80 valence electrons. The SMILES string of the molecule is COCCCCC(C)(CN)C(C)O. The standard InChI is InChI=1S/C10H23NO2/c1-9(12)10(2,8-11)6-4-5-7-13-3/h9,12H,4-8,11H2,1-3H3. The molecule has 0 saturated carbocycles. The zero-order valence-electron chi connectivity index (χ0n) is 9.05. The van der Waals surface area contributed by atoms with E-state index in [9.17, 15) is 5.11 Å². The normalized spacial score (nSPS) is 18.2. The second-order valence-corrected chi connectivity index (χ2v) is 3.98. The van der Waals surface area contributed by atoms with Crippen LogP contribution in [0.5, 0.6) is 0 Å². The first-order chi connectivity index (χ1) is 6.06. The zero-order valence-corrected chi connectivity index (χ0v) is 9.05. The van der Waals surface area contributed by atoms with Gasteiger partial charge in [-0.05, 0) is 19.8 Å². The summed E-state index contributed by atoms with van der Waals surface area (Å²) in [7, 11) is 1.71. The molecule has 0 radical (unpaired) electrons. The quantitative estimate of drug-likeness (QED) is 0.591. The lowest BCUT2D eigenvalue weighted by Crippen LogP contribution is -2.37. The molecular weight excluding hydrogens is 166 g/mol. The van der Waals surface area contributed by atoms with Crippen LogP contribution in [0.2, 0.25) is 0 Å². The van der Waals surface area contributed by atoms with Crippen LogP contribution in [0.1, 0.15) is 33.1 Å². The van der Waals surface area contributed by atoms with Gasteiger partial charge in [0.1, 0.15) is 0 Å². The zero-order chi connectivity index (χ0) is 10.3. The van der Waals surface area contributed by atoms with Crippen LogP contribution in [0.3, 0.4) is 0 Å². The van der Waals surface area contributed by atoms with E-state index in [1.54, 1.807) is 7.11 Å². The van der Waals surface area contributed by atoms with E-state index in [2.05, 4.69) is 0 Å². The summed E-state index contributed by atoms with van der Waals surface area (Å²) in [5, 5.41) is 9.52. The highest BCUT2D eigenvalue weighted by Gasteiger charge is 2.27. The highest BCUT2D eigenvalue weighted by Crippen LogP contribution is 2.26. The minimum absolute atomic E-state index is 0.131. The van der Waals surface area contributed by atoms with Gasteiger partial charge >= 0.3 is 0 Å². The first kappa shape index (κ1) is 12.9. The van der Waals surface area contributed by atoms with Gasteiger partial charge in [-0.15, -0.1) is 0 Å². The molecular formula is C10H23NO2. The van der Waals surface area contributed by atoms with E-state index in [-0.39, 0.29) is 11.5 Å². The molecule has 0 fully saturated rings. The van der Waals surface area contributed by atoms with Crippen molar-refractivity contribution in [2.24, 2.45) is 11.1 Å². The van der Waals surface area contributed by atoms with Gasteiger partial charge in [-0.3, -0.25) is 0 Å². The van der Waals surface area contributed by atoms with Crippen LogP contribution in [0.25, 0.3) is 0 Å². The number of unbranched alkanes of at least 4 members (excludes halogenated alkanes) is 1. The monoisotopic (exact) mass is 189 g/mol. The Labute approximate surface area is 81.3 Å². The van der Waals surface area contributed by atoms with Gasteiger partial charge < -0.3 is 15.6 Å². The van der Waals surface area contributed by atoms with E-state index in [4.69, 9.17) is 10.5 Å². The number of hydrogen-bond acceptors (Lipinski definition) is 3. The van der Waals surface area contributed by atoms with E-state index in [1.165, 1.54) is 0 Å². The van der Waals surface area contributed by atoms with E-state index in [0.717, 1.165) is 25.9 Å². The number of methoxy groups -OCH3 is 1. The van der Waals surface area contributed by atoms with E-state index >= 15 is 0 Å². The molecule has 0 aromatic carbocycles. The summed E-state index contributed by atoms with van der Waals surface area (Å²) in [5.74, 6) is 0. The van der Waals surface area contributed by atoms with E-state index in [1.807, 2.05) is 13.8 Å². The summed E-state index contributed by atoms with van der Waals surface area (Å²) < 4.78 is 4.96. The second-order valence-electron chi connectivity index (χ2n) is 3.98. The van der Waals surface area contributed by atoms with Gasteiger partial charge in [0.05, 0.1) is 6.10 Å². The lowest BCUT2D eigenvalue weighted by atomic mass is 9.80. The molecule has 0 heterocycles. The van der Waals surface area contributed by atoms with E-state index < -0.39 is 0 Å². The molecule has 3 N–H and O–H groups in total. The van der Waals surface area contributed by atoms with Gasteiger partial charge in [0.25, 0.3) is 0 Å². The Hall–Kier alpha value is -0.120. The van der Waals surface area contributed by atoms with Crippen molar-refractivity contribution in [1.29, 1.82) is 0 Å². The Balaban J connectivity index is 3.71. The first-order valence-corrected chi connectivity index (χ1v) is 4.94. The molecule has 0 bridgehead atoms. The van der Waals surface area contributed by atoms with Gasteiger partial charge in [-0.2, -0.15) is 0 Å². The Bertz CT molecular complexity index is 128. The summed E-state index contributed by atoms with van der Waals surface area (Å²) in [6, 6.07) is 0. The molecule has 0 amide bonds. The third-order valence-electron chi connectivity index (χ3n) is 2.82. The summed E-state index contributed by atoms with van der Waals surface area (Å²) in [4.78, 5) is 0. The van der Waals surface area contributed by atoms with Crippen molar-refractivity contribution in [3.63, 3.8) is 0 Å². The number of ether oxygens (including phenoxy) is 1. The average molecular weight is 189 g/mol. The molecule has 0 aliphatic carbocycles. The van der Waals surface area contributed by atoms with Gasteiger partial charge in [-0.1, -0.05) is 13.3 Å². The Morgan fingerprint density at radius 1 is 1.46 bits per heavy atom. The first-order valence-electron chi connectivity index (χ1n) is 4.94. The maximum Gasteiger partial charge on any atom is 0.0577 e. The van der Waals surface area contributed by atoms with Crippen molar-refractivity contribution < 1.29 is 9.84 Å². The van der Waals surface area contributed by atoms with Crippen molar-refractivity contribution in [3.05, 3.63) is 0 Å². The van der Waals surface area contributed by atoms with Crippen LogP contribution in [-0.2, 0) is 4.74 Å². The third kappa shape index (κ3) is 4.60. The fraction of sp³-hybridized carbons (Fsp3) is 1.00. The number of aliphatic hydroxyl groups excluding tert-OH is 1. The summed E-state index contributed by atoms with van der Waals surface area (Å²) >= 11 is 0. The molecule has 3 heteroatoms. The summed E-state index contributed by atoms with van der Waals surface area (Å²) in [6.07, 6.45) is 2.73. The average Bonchev–Trinajstić information content (AvgIpc) is 2.12. The third-order valence-corrected chi connectivity index (χ3v) is 2.82. The van der Waals surface area contributed by atoms with Gasteiger partial charge in [0, 0.05) is 25.7 Å². The predicted octanol–water partition coefficient (Wildman–Crippen LogP) is 1.15. The minimum Gasteiger partial charge on any atom is -0.393 e. The summed E-state index contributed by atoms with van der Waals surface area (Å²) in [6.45, 7) is 5.17. The fourth-order valence-electron chi connectivity index (χ4n) is 1.26. The van der Waals surface area contributed by atoms with Crippen molar-refractivity contribution in [2.75, 3.05) is 20.3 Å². The topological polar surface area (TPSA) is 55.5 Å². The van der Waals surface area contributed by atoms with Crippen LogP contribution in [0, 0.1) is 5.41 Å². The van der Waals surface area contributed by atoms with Crippen molar-refractivity contribution in [2.45, 2.75) is 39.2 Å². The smallest absolute Gasteiger partial charge is 0.0577 e. The molecule has 0 spiro atoms. The Morgan fingerprint density at radius 2 is 2.08 bits per heavy atom. The second kappa shape index (κ2) is 6.35. The molecule has 0 aromatic rings. The van der Waals surface area contributed by atoms with Crippen LogP contribution >= 0.6 is 0 Å². The molecule has 0 aliphatic heterocycles. The van der Waals surface area contributed by atoms with Crippen LogP contribution in [0.4, 0.5) is 0 Å². The molecule has 2 unspecified atom stereocenters. The minimum atomic E-state index is -0.333. The number of nitrogens with two attached hydrogens (primary N) is 1. The van der Waals surface area contributed by atoms with Crippen LogP contribution < -0.4 is 5.73 Å². The maximum atomic E-state index is 9.52. The highest BCUT2D eigenvalue weighted by atomic mass is 16.5. The number of aliphatic hydroxyl groups is 1. The van der Waals surface area contributed by atoms with Gasteiger partial charge in [-0.25, -0.2) is 0 Å². The van der Waals surface area contributed by atoms with E-state index in [0.29, 0.717) is 6.54 Å². The van der Waals surface area contributed by atoms with Gasteiger partial charge in [0.15, 0.2) is 0 Å². The van der Waals surface area contributed by atoms with Gasteiger partial charge in [0.2, 0.25) is 0 Å². The Kier molecular flexibility index (Phi) is 6.29. The molecule has 0 saturated heterocycles. The van der Waals surface area contributed by atoms with Crippen LogP contribution in [-0.4, -0.2) is 31.5 Å². The Morgan fingerprint density at radius 3 is 2.46 bits per heavy atom. The molecule has 13 heavy (non-hydrogen) atoms. The van der Waals surface area contributed by atoms with Crippen molar-refractivity contribution in [3.8, 4) is 0 Å². The predicted molar refractivity (Wildman–Crippen MR) is 54.6 cm³/mol. The molecule has 0 aromatic heterocycles. The molecule has 2 atom stereocenters. The number of rotatable bonds is 7. The molecule has 0 aliphatic rings.